The van der Waals surface area contributed by atoms with Crippen molar-refractivity contribution < 1.29 is 9.50 Å². The molecule has 0 amide bonds. The van der Waals surface area contributed by atoms with Gasteiger partial charge in [-0.1, -0.05) is 0 Å². The summed E-state index contributed by atoms with van der Waals surface area (Å²) in [7, 11) is 0. The van der Waals surface area contributed by atoms with Gasteiger partial charge in [0.15, 0.2) is 11.6 Å². The number of piperidine rings is 2. The molecule has 2 N–H and O–H groups in total. The smallest absolute Gasteiger partial charge is 0.252 e. The number of alkyl halides is 1. The van der Waals surface area contributed by atoms with Crippen molar-refractivity contribution in [2.75, 3.05) is 4.90 Å². The topological polar surface area (TPSA) is 129 Å². The van der Waals surface area contributed by atoms with Gasteiger partial charge in [-0.2, -0.15) is 5.26 Å². The lowest BCUT2D eigenvalue weighted by Crippen LogP contribution is -2.73. The molecule has 2 aliphatic heterocycles. The number of hydrogen-bond donors (Lipinski definition) is 2. The third-order valence-electron chi connectivity index (χ3n) is 7.81. The van der Waals surface area contributed by atoms with E-state index in [0.29, 0.717) is 23.5 Å². The standard InChI is InChI=1S/C25H28FN9O/c1-24-8-3-9-25(2,33-24)22(26)18(11-24)35(15-4-5-15)21-13-28-23(31-30-21)17-7-6-16(10-19(17)36)34-14-29-20(12-27)32-34/h6-7,10,13-15,18,22,33,36H,3-5,8-9,11H2,1-2H3/t18-,22-,24-,25+/m1/s1. The molecule has 3 fully saturated rings. The molecule has 11 heteroatoms. The largest absolute Gasteiger partial charge is 0.507 e. The van der Waals surface area contributed by atoms with Gasteiger partial charge in [0.2, 0.25) is 0 Å². The lowest BCUT2D eigenvalue weighted by molar-refractivity contribution is 0.000258. The molecule has 0 radical (unpaired) electrons. The quantitative estimate of drug-likeness (QED) is 0.555. The molecular formula is C25H28FN9O. The third kappa shape index (κ3) is 3.86. The summed E-state index contributed by atoms with van der Waals surface area (Å²) in [5, 5.41) is 35.9. The van der Waals surface area contributed by atoms with E-state index in [0.717, 1.165) is 32.1 Å². The van der Waals surface area contributed by atoms with Gasteiger partial charge < -0.3 is 15.3 Å². The van der Waals surface area contributed by atoms with E-state index in [1.54, 1.807) is 18.3 Å². The van der Waals surface area contributed by atoms with Crippen LogP contribution in [-0.4, -0.2) is 64.4 Å². The van der Waals surface area contributed by atoms with Crippen molar-refractivity contribution in [3.63, 3.8) is 0 Å². The second-order valence-electron chi connectivity index (χ2n) is 10.7. The van der Waals surface area contributed by atoms with Gasteiger partial charge in [0, 0.05) is 23.2 Å². The van der Waals surface area contributed by atoms with E-state index in [2.05, 4.69) is 42.4 Å². The fraction of sp³-hybridized carbons (Fsp3) is 0.520. The lowest BCUT2D eigenvalue weighted by Gasteiger charge is -2.57. The fourth-order valence-corrected chi connectivity index (χ4v) is 6.03. The molecule has 3 aromatic rings. The number of phenolic OH excluding ortho intramolecular Hbond substituents is 1. The lowest BCUT2D eigenvalue weighted by atomic mass is 9.68. The zero-order valence-corrected chi connectivity index (χ0v) is 20.3. The molecule has 4 heterocycles. The monoisotopic (exact) mass is 489 g/mol. The molecule has 1 aromatic carbocycles. The Morgan fingerprint density at radius 3 is 2.72 bits per heavy atom. The van der Waals surface area contributed by atoms with Crippen molar-refractivity contribution in [3.05, 3.63) is 36.5 Å². The van der Waals surface area contributed by atoms with Crippen LogP contribution in [0.25, 0.3) is 17.1 Å². The third-order valence-corrected chi connectivity index (χ3v) is 7.81. The Labute approximate surface area is 208 Å². The van der Waals surface area contributed by atoms with Crippen LogP contribution in [0.15, 0.2) is 30.7 Å². The van der Waals surface area contributed by atoms with E-state index in [-0.39, 0.29) is 35.0 Å². The Morgan fingerprint density at radius 1 is 1.22 bits per heavy atom. The number of halogens is 1. The summed E-state index contributed by atoms with van der Waals surface area (Å²) in [5.41, 5.74) is 0.313. The highest BCUT2D eigenvalue weighted by Crippen LogP contribution is 2.46. The molecule has 2 saturated heterocycles. The Balaban J connectivity index is 1.28. The van der Waals surface area contributed by atoms with E-state index >= 15 is 4.39 Å². The molecule has 1 aliphatic carbocycles. The zero-order valence-electron chi connectivity index (χ0n) is 20.3. The van der Waals surface area contributed by atoms with E-state index in [4.69, 9.17) is 5.26 Å². The number of fused-ring (bicyclic) bond motifs is 2. The summed E-state index contributed by atoms with van der Waals surface area (Å²) in [4.78, 5) is 10.5. The molecule has 6 rings (SSSR count). The first-order valence-electron chi connectivity index (χ1n) is 12.4. The number of hydrogen-bond acceptors (Lipinski definition) is 9. The number of nitriles is 1. The summed E-state index contributed by atoms with van der Waals surface area (Å²) < 4.78 is 17.4. The van der Waals surface area contributed by atoms with E-state index in [1.807, 2.05) is 13.0 Å². The highest BCUT2D eigenvalue weighted by Gasteiger charge is 2.55. The SMILES string of the molecule is C[C@]12CCC[C@](C)(N1)[C@H](F)[C@H](N(c1cnc(-c3ccc(-n4cnc(C#N)n4)cc3O)nn1)C1CC1)C2. The van der Waals surface area contributed by atoms with Crippen molar-refractivity contribution in [2.45, 2.75) is 81.7 Å². The zero-order chi connectivity index (χ0) is 25.1. The Kier molecular flexibility index (Phi) is 5.19. The van der Waals surface area contributed by atoms with Crippen molar-refractivity contribution >= 4 is 5.82 Å². The minimum Gasteiger partial charge on any atom is -0.507 e. The molecule has 0 spiro atoms. The number of aromatic hydroxyl groups is 1. The minimum atomic E-state index is -1.03. The van der Waals surface area contributed by atoms with Crippen molar-refractivity contribution in [1.29, 1.82) is 5.26 Å². The van der Waals surface area contributed by atoms with Crippen LogP contribution in [0.1, 0.15) is 58.2 Å². The average molecular weight is 490 g/mol. The highest BCUT2D eigenvalue weighted by molar-refractivity contribution is 5.66. The number of anilines is 1. The number of nitrogens with zero attached hydrogens (tertiary/aromatic N) is 8. The summed E-state index contributed by atoms with van der Waals surface area (Å²) in [6.07, 6.45) is 7.63. The van der Waals surface area contributed by atoms with Gasteiger partial charge in [-0.15, -0.1) is 15.3 Å². The van der Waals surface area contributed by atoms with Gasteiger partial charge in [-0.3, -0.25) is 0 Å². The summed E-state index contributed by atoms with van der Waals surface area (Å²) >= 11 is 0. The van der Waals surface area contributed by atoms with E-state index < -0.39 is 11.7 Å². The summed E-state index contributed by atoms with van der Waals surface area (Å²) in [5.74, 6) is 0.834. The Morgan fingerprint density at radius 2 is 2.06 bits per heavy atom. The fourth-order valence-electron chi connectivity index (χ4n) is 6.03. The molecule has 0 unspecified atom stereocenters. The molecule has 1 saturated carbocycles. The van der Waals surface area contributed by atoms with Gasteiger partial charge in [-0.25, -0.2) is 19.0 Å². The van der Waals surface area contributed by atoms with Gasteiger partial charge in [0.25, 0.3) is 5.82 Å². The molecule has 10 nitrogen and oxygen atoms in total. The number of benzene rings is 1. The summed E-state index contributed by atoms with van der Waals surface area (Å²) in [6.45, 7) is 4.21. The number of phenols is 1. The first-order valence-corrected chi connectivity index (χ1v) is 12.4. The molecule has 2 aromatic heterocycles. The average Bonchev–Trinajstić information content (AvgIpc) is 3.57. The van der Waals surface area contributed by atoms with Crippen molar-refractivity contribution in [1.82, 2.24) is 35.3 Å². The molecule has 2 bridgehead atoms. The Hall–Kier alpha value is -3.65. The normalized spacial score (nSPS) is 29.5. The van der Waals surface area contributed by atoms with Gasteiger partial charge in [0.05, 0.1) is 23.5 Å². The maximum atomic E-state index is 16.0. The molecule has 3 aliphatic rings. The number of nitrogens with one attached hydrogen (secondary N) is 1. The van der Waals surface area contributed by atoms with Crippen LogP contribution < -0.4 is 10.2 Å². The van der Waals surface area contributed by atoms with Crippen LogP contribution in [0.4, 0.5) is 10.2 Å². The van der Waals surface area contributed by atoms with Crippen LogP contribution in [0.5, 0.6) is 5.75 Å². The Bertz CT molecular complexity index is 1330. The van der Waals surface area contributed by atoms with Gasteiger partial charge in [-0.05, 0) is 64.5 Å². The molecule has 36 heavy (non-hydrogen) atoms. The van der Waals surface area contributed by atoms with Gasteiger partial charge in [0.1, 0.15) is 24.3 Å². The van der Waals surface area contributed by atoms with Crippen LogP contribution in [0, 0.1) is 11.3 Å². The van der Waals surface area contributed by atoms with E-state index in [9.17, 15) is 5.11 Å². The maximum absolute atomic E-state index is 16.0. The molecular weight excluding hydrogens is 461 g/mol. The summed E-state index contributed by atoms with van der Waals surface area (Å²) in [6, 6.07) is 6.72. The first-order chi connectivity index (χ1) is 17.3. The minimum absolute atomic E-state index is 0.0396. The van der Waals surface area contributed by atoms with Crippen LogP contribution in [0.2, 0.25) is 0 Å². The van der Waals surface area contributed by atoms with Crippen molar-refractivity contribution in [3.8, 4) is 28.9 Å². The highest BCUT2D eigenvalue weighted by atomic mass is 19.1. The van der Waals surface area contributed by atoms with Crippen LogP contribution >= 0.6 is 0 Å². The van der Waals surface area contributed by atoms with Gasteiger partial charge >= 0.3 is 0 Å². The number of rotatable bonds is 5. The van der Waals surface area contributed by atoms with Crippen molar-refractivity contribution in [2.24, 2.45) is 0 Å². The first kappa shape index (κ1) is 22.8. The molecule has 4 atom stereocenters. The second kappa shape index (κ2) is 8.20. The predicted octanol–water partition coefficient (Wildman–Crippen LogP) is 3.07. The van der Waals surface area contributed by atoms with E-state index in [1.165, 1.54) is 17.1 Å². The molecule has 186 valence electrons. The predicted molar refractivity (Wildman–Crippen MR) is 129 cm³/mol. The maximum Gasteiger partial charge on any atom is 0.252 e. The second-order valence-corrected chi connectivity index (χ2v) is 10.7. The van der Waals surface area contributed by atoms with Crippen LogP contribution in [-0.2, 0) is 0 Å². The number of aromatic nitrogens is 6. The van der Waals surface area contributed by atoms with Crippen LogP contribution in [0.3, 0.4) is 0 Å².